The summed E-state index contributed by atoms with van der Waals surface area (Å²) in [5.74, 6) is 0. The number of pyridine rings is 1. The van der Waals surface area contributed by atoms with Crippen LogP contribution in [-0.4, -0.2) is 10.6 Å². The van der Waals surface area contributed by atoms with Crippen molar-refractivity contribution in [2.45, 2.75) is 25.9 Å². The second-order valence-corrected chi connectivity index (χ2v) is 4.61. The zero-order valence-corrected chi connectivity index (χ0v) is 10.4. The van der Waals surface area contributed by atoms with E-state index in [4.69, 9.17) is 17.3 Å². The van der Waals surface area contributed by atoms with Gasteiger partial charge in [-0.25, -0.2) is 0 Å². The molecule has 0 spiro atoms. The fraction of sp³-hybridized carbons (Fsp3) is 0.308. The predicted molar refractivity (Wildman–Crippen MR) is 71.5 cm³/mol. The van der Waals surface area contributed by atoms with E-state index in [2.05, 4.69) is 0 Å². The molecule has 1 heterocycles. The number of benzene rings is 1. The first kappa shape index (κ1) is 12.1. The van der Waals surface area contributed by atoms with Crippen LogP contribution in [0.15, 0.2) is 35.3 Å². The van der Waals surface area contributed by atoms with Crippen LogP contribution in [0.4, 0.5) is 0 Å². The van der Waals surface area contributed by atoms with Crippen LogP contribution in [0.5, 0.6) is 0 Å². The molecule has 2 rings (SSSR count). The highest BCUT2D eigenvalue weighted by molar-refractivity contribution is 6.31. The average molecular weight is 251 g/mol. The molecule has 4 heteroatoms. The molecular weight excluding hydrogens is 236 g/mol. The number of nitrogens with zero attached hydrogens (tertiary/aromatic N) is 1. The second-order valence-electron chi connectivity index (χ2n) is 4.17. The Labute approximate surface area is 105 Å². The largest absolute Gasteiger partial charge is 0.326 e. The van der Waals surface area contributed by atoms with E-state index in [9.17, 15) is 4.79 Å². The normalized spacial score (nSPS) is 12.9. The number of halogens is 1. The Bertz CT molecular complexity index is 591. The number of rotatable bonds is 3. The van der Waals surface area contributed by atoms with Gasteiger partial charge in [0.2, 0.25) is 0 Å². The van der Waals surface area contributed by atoms with E-state index in [0.717, 1.165) is 11.8 Å². The number of nitrogens with two attached hydrogens (primary N) is 1. The lowest BCUT2D eigenvalue weighted by molar-refractivity contribution is 0.529. The van der Waals surface area contributed by atoms with Crippen LogP contribution in [0.1, 0.15) is 13.3 Å². The topological polar surface area (TPSA) is 48.0 Å². The lowest BCUT2D eigenvalue weighted by atomic mass is 10.1. The quantitative estimate of drug-likeness (QED) is 0.909. The summed E-state index contributed by atoms with van der Waals surface area (Å²) in [5, 5.41) is 2.18. The number of hydrogen-bond acceptors (Lipinski definition) is 2. The molecule has 0 radical (unpaired) electrons. The minimum Gasteiger partial charge on any atom is -0.326 e. The van der Waals surface area contributed by atoms with Gasteiger partial charge in [-0.3, -0.25) is 4.79 Å². The monoisotopic (exact) mass is 250 g/mol. The van der Waals surface area contributed by atoms with Crippen molar-refractivity contribution in [3.05, 3.63) is 45.8 Å². The van der Waals surface area contributed by atoms with Crippen molar-refractivity contribution in [2.24, 2.45) is 5.73 Å². The Morgan fingerprint density at radius 1 is 1.41 bits per heavy atom. The number of aromatic nitrogens is 1. The first-order chi connectivity index (χ1) is 8.11. The first-order valence-electron chi connectivity index (χ1n) is 5.66. The van der Waals surface area contributed by atoms with Gasteiger partial charge in [-0.2, -0.15) is 0 Å². The van der Waals surface area contributed by atoms with Crippen LogP contribution >= 0.6 is 11.6 Å². The van der Waals surface area contributed by atoms with Crippen molar-refractivity contribution in [3.8, 4) is 0 Å². The van der Waals surface area contributed by atoms with E-state index < -0.39 is 0 Å². The Morgan fingerprint density at radius 2 is 2.18 bits per heavy atom. The van der Waals surface area contributed by atoms with Crippen molar-refractivity contribution >= 4 is 22.4 Å². The fourth-order valence-corrected chi connectivity index (χ4v) is 1.96. The molecule has 0 fully saturated rings. The zero-order valence-electron chi connectivity index (χ0n) is 9.69. The lowest BCUT2D eigenvalue weighted by Gasteiger charge is -2.12. The van der Waals surface area contributed by atoms with Crippen LogP contribution in [0.2, 0.25) is 5.02 Å². The highest BCUT2D eigenvalue weighted by atomic mass is 35.5. The summed E-state index contributed by atoms with van der Waals surface area (Å²) in [4.78, 5) is 12.2. The third-order valence-electron chi connectivity index (χ3n) is 2.89. The molecule has 1 atom stereocenters. The third kappa shape index (κ3) is 2.51. The summed E-state index contributed by atoms with van der Waals surface area (Å²) in [6.07, 6.45) is 2.63. The molecule has 1 unspecified atom stereocenters. The standard InChI is InChI=1S/C13H15ClN2O/c1-2-11(15)8-16-6-5-9-7-10(14)3-4-12(9)13(16)17/h3-7,11H,2,8,15H2,1H3. The van der Waals surface area contributed by atoms with E-state index in [-0.39, 0.29) is 11.6 Å². The van der Waals surface area contributed by atoms with Crippen molar-refractivity contribution in [3.63, 3.8) is 0 Å². The van der Waals surface area contributed by atoms with Crippen molar-refractivity contribution in [1.29, 1.82) is 0 Å². The number of fused-ring (bicyclic) bond motifs is 1. The molecule has 17 heavy (non-hydrogen) atoms. The van der Waals surface area contributed by atoms with Crippen LogP contribution in [-0.2, 0) is 6.54 Å². The average Bonchev–Trinajstić information content (AvgIpc) is 2.32. The van der Waals surface area contributed by atoms with E-state index in [0.29, 0.717) is 17.0 Å². The minimum atomic E-state index is -0.0110. The van der Waals surface area contributed by atoms with Gasteiger partial charge in [-0.05, 0) is 36.1 Å². The van der Waals surface area contributed by atoms with E-state index in [1.807, 2.05) is 13.0 Å². The second kappa shape index (κ2) is 4.90. The van der Waals surface area contributed by atoms with E-state index >= 15 is 0 Å². The predicted octanol–water partition coefficient (Wildman–Crippen LogP) is 2.39. The van der Waals surface area contributed by atoms with Gasteiger partial charge in [0.05, 0.1) is 0 Å². The smallest absolute Gasteiger partial charge is 0.258 e. The van der Waals surface area contributed by atoms with Gasteiger partial charge in [0.1, 0.15) is 0 Å². The van der Waals surface area contributed by atoms with Gasteiger partial charge in [0.25, 0.3) is 5.56 Å². The Hall–Kier alpha value is -1.32. The minimum absolute atomic E-state index is 0.0110. The first-order valence-corrected chi connectivity index (χ1v) is 6.04. The Balaban J connectivity index is 2.51. The lowest BCUT2D eigenvalue weighted by Crippen LogP contribution is -2.31. The summed E-state index contributed by atoms with van der Waals surface area (Å²) in [7, 11) is 0. The van der Waals surface area contributed by atoms with Crippen LogP contribution < -0.4 is 11.3 Å². The van der Waals surface area contributed by atoms with Crippen molar-refractivity contribution < 1.29 is 0 Å². The Kier molecular flexibility index (Phi) is 3.50. The molecule has 2 N–H and O–H groups in total. The molecule has 0 saturated carbocycles. The highest BCUT2D eigenvalue weighted by Gasteiger charge is 2.06. The van der Waals surface area contributed by atoms with Crippen LogP contribution in [0.25, 0.3) is 10.8 Å². The number of hydrogen-bond donors (Lipinski definition) is 1. The third-order valence-corrected chi connectivity index (χ3v) is 3.13. The molecular formula is C13H15ClN2O. The maximum absolute atomic E-state index is 12.2. The van der Waals surface area contributed by atoms with E-state index in [1.165, 1.54) is 0 Å². The van der Waals surface area contributed by atoms with Gasteiger partial charge in [-0.1, -0.05) is 18.5 Å². The molecule has 1 aromatic heterocycles. The van der Waals surface area contributed by atoms with Crippen molar-refractivity contribution in [2.75, 3.05) is 0 Å². The fourth-order valence-electron chi connectivity index (χ4n) is 1.78. The maximum atomic E-state index is 12.2. The van der Waals surface area contributed by atoms with Gasteiger partial charge in [-0.15, -0.1) is 0 Å². The molecule has 1 aromatic carbocycles. The van der Waals surface area contributed by atoms with Gasteiger partial charge < -0.3 is 10.3 Å². The summed E-state index contributed by atoms with van der Waals surface area (Å²) in [6.45, 7) is 2.56. The summed E-state index contributed by atoms with van der Waals surface area (Å²) in [6, 6.07) is 7.19. The molecule has 0 aliphatic rings. The molecule has 90 valence electrons. The highest BCUT2D eigenvalue weighted by Crippen LogP contribution is 2.16. The summed E-state index contributed by atoms with van der Waals surface area (Å²) in [5.41, 5.74) is 5.85. The van der Waals surface area contributed by atoms with Gasteiger partial charge in [0, 0.05) is 29.2 Å². The molecule has 2 aromatic rings. The van der Waals surface area contributed by atoms with Crippen molar-refractivity contribution in [1.82, 2.24) is 4.57 Å². The molecule has 0 aliphatic carbocycles. The summed E-state index contributed by atoms with van der Waals surface area (Å²) < 4.78 is 1.66. The molecule has 0 amide bonds. The van der Waals surface area contributed by atoms with Gasteiger partial charge >= 0.3 is 0 Å². The SMILES string of the molecule is CCC(N)Cn1ccc2cc(Cl)ccc2c1=O. The molecule has 0 bridgehead atoms. The van der Waals surface area contributed by atoms with Gasteiger partial charge in [0.15, 0.2) is 0 Å². The molecule has 0 saturated heterocycles. The maximum Gasteiger partial charge on any atom is 0.258 e. The molecule has 0 aliphatic heterocycles. The van der Waals surface area contributed by atoms with Crippen LogP contribution in [0, 0.1) is 0 Å². The van der Waals surface area contributed by atoms with Crippen LogP contribution in [0.3, 0.4) is 0 Å². The molecule has 3 nitrogen and oxygen atoms in total. The van der Waals surface area contributed by atoms with E-state index in [1.54, 1.807) is 29.0 Å². The zero-order chi connectivity index (χ0) is 12.4. The Morgan fingerprint density at radius 3 is 2.88 bits per heavy atom. The summed E-state index contributed by atoms with van der Waals surface area (Å²) >= 11 is 5.89.